The van der Waals surface area contributed by atoms with Crippen LogP contribution >= 0.6 is 0 Å². The zero-order valence-electron chi connectivity index (χ0n) is 17.8. The highest BCUT2D eigenvalue weighted by Gasteiger charge is 2.08. The van der Waals surface area contributed by atoms with Crippen molar-refractivity contribution in [1.82, 2.24) is 19.6 Å². The van der Waals surface area contributed by atoms with Crippen LogP contribution < -0.4 is 0 Å². The Morgan fingerprint density at radius 1 is 0.520 bits per heavy atom. The van der Waals surface area contributed by atoms with Crippen molar-refractivity contribution in [2.75, 3.05) is 85.6 Å². The standard InChI is InChI=1S/C20H46N4O/c1-6-22(7-2)14-11-17-24(16-10-13-21(5)19-20-25)18-12-15-23(8-3)9-4/h25H,6-20H2,1-5H3. The van der Waals surface area contributed by atoms with Crippen LogP contribution in [0, 0.1) is 0 Å². The summed E-state index contributed by atoms with van der Waals surface area (Å²) in [5, 5.41) is 9.01. The molecule has 0 fully saturated rings. The molecule has 0 rings (SSSR count). The molecule has 5 heteroatoms. The maximum Gasteiger partial charge on any atom is 0.0558 e. The lowest BCUT2D eigenvalue weighted by Crippen LogP contribution is -2.35. The molecule has 0 aromatic heterocycles. The summed E-state index contributed by atoms with van der Waals surface area (Å²) in [4.78, 5) is 9.91. The number of rotatable bonds is 18. The van der Waals surface area contributed by atoms with Crippen molar-refractivity contribution in [2.24, 2.45) is 0 Å². The molecule has 0 aliphatic heterocycles. The molecule has 0 radical (unpaired) electrons. The lowest BCUT2D eigenvalue weighted by Gasteiger charge is -2.27. The van der Waals surface area contributed by atoms with Crippen molar-refractivity contribution < 1.29 is 5.11 Å². The average Bonchev–Trinajstić information content (AvgIpc) is 2.62. The van der Waals surface area contributed by atoms with Crippen molar-refractivity contribution in [1.29, 1.82) is 0 Å². The van der Waals surface area contributed by atoms with E-state index >= 15 is 0 Å². The molecule has 0 amide bonds. The van der Waals surface area contributed by atoms with Crippen LogP contribution in [0.25, 0.3) is 0 Å². The molecule has 0 aromatic rings. The molecule has 0 unspecified atom stereocenters. The monoisotopic (exact) mass is 358 g/mol. The van der Waals surface area contributed by atoms with Crippen LogP contribution in [0.15, 0.2) is 0 Å². The van der Waals surface area contributed by atoms with Crippen LogP contribution in [0.5, 0.6) is 0 Å². The van der Waals surface area contributed by atoms with Gasteiger partial charge in [-0.1, -0.05) is 27.7 Å². The van der Waals surface area contributed by atoms with Gasteiger partial charge in [-0.3, -0.25) is 0 Å². The Balaban J connectivity index is 4.20. The first-order valence-electron chi connectivity index (χ1n) is 10.6. The molecule has 1 N–H and O–H groups in total. The van der Waals surface area contributed by atoms with E-state index in [4.69, 9.17) is 5.11 Å². The number of aliphatic hydroxyl groups is 1. The lowest BCUT2D eigenvalue weighted by atomic mass is 10.2. The molecule has 0 bridgehead atoms. The van der Waals surface area contributed by atoms with Gasteiger partial charge in [0.25, 0.3) is 0 Å². The van der Waals surface area contributed by atoms with E-state index in [2.05, 4.69) is 54.3 Å². The van der Waals surface area contributed by atoms with Crippen LogP contribution in [0.1, 0.15) is 47.0 Å². The van der Waals surface area contributed by atoms with Crippen molar-refractivity contribution >= 4 is 0 Å². The van der Waals surface area contributed by atoms with Gasteiger partial charge in [0.15, 0.2) is 0 Å². The highest BCUT2D eigenvalue weighted by atomic mass is 16.3. The molecule has 0 saturated heterocycles. The smallest absolute Gasteiger partial charge is 0.0558 e. The summed E-state index contributed by atoms with van der Waals surface area (Å²) in [6, 6.07) is 0. The van der Waals surface area contributed by atoms with E-state index in [1.165, 1.54) is 52.0 Å². The predicted octanol–water partition coefficient (Wildman–Crippen LogP) is 2.07. The second-order valence-electron chi connectivity index (χ2n) is 6.98. The number of aliphatic hydroxyl groups excluding tert-OH is 1. The summed E-state index contributed by atoms with van der Waals surface area (Å²) in [7, 11) is 2.10. The molecule has 5 nitrogen and oxygen atoms in total. The van der Waals surface area contributed by atoms with Crippen LogP contribution in [0.3, 0.4) is 0 Å². The summed E-state index contributed by atoms with van der Waals surface area (Å²) >= 11 is 0. The first kappa shape index (κ1) is 24.8. The quantitative estimate of drug-likeness (QED) is 0.406. The van der Waals surface area contributed by atoms with E-state index in [9.17, 15) is 0 Å². The van der Waals surface area contributed by atoms with Gasteiger partial charge in [0.05, 0.1) is 6.61 Å². The second-order valence-corrected chi connectivity index (χ2v) is 6.98. The molecule has 152 valence electrons. The van der Waals surface area contributed by atoms with Gasteiger partial charge >= 0.3 is 0 Å². The SMILES string of the molecule is CCN(CC)CCCN(CCCN(C)CCO)CCCN(CC)CC. The van der Waals surface area contributed by atoms with Gasteiger partial charge < -0.3 is 24.7 Å². The first-order valence-corrected chi connectivity index (χ1v) is 10.6. The maximum absolute atomic E-state index is 9.01. The van der Waals surface area contributed by atoms with E-state index in [1.54, 1.807) is 0 Å². The van der Waals surface area contributed by atoms with Crippen molar-refractivity contribution in [3.05, 3.63) is 0 Å². The highest BCUT2D eigenvalue weighted by Crippen LogP contribution is 2.01. The van der Waals surface area contributed by atoms with Gasteiger partial charge in [-0.15, -0.1) is 0 Å². The zero-order chi connectivity index (χ0) is 18.9. The molecule has 0 aliphatic rings. The largest absolute Gasteiger partial charge is 0.395 e. The Morgan fingerprint density at radius 2 is 0.880 bits per heavy atom. The number of hydrogen-bond acceptors (Lipinski definition) is 5. The molecule has 0 aromatic carbocycles. The topological polar surface area (TPSA) is 33.2 Å². The van der Waals surface area contributed by atoms with Crippen LogP contribution in [0.2, 0.25) is 0 Å². The zero-order valence-corrected chi connectivity index (χ0v) is 17.8. The Bertz CT molecular complexity index is 252. The Kier molecular flexibility index (Phi) is 17.1. The van der Waals surface area contributed by atoms with Crippen LogP contribution in [0.4, 0.5) is 0 Å². The third-order valence-corrected chi connectivity index (χ3v) is 5.18. The van der Waals surface area contributed by atoms with Crippen molar-refractivity contribution in [2.45, 2.75) is 47.0 Å². The fourth-order valence-corrected chi connectivity index (χ4v) is 3.30. The van der Waals surface area contributed by atoms with E-state index < -0.39 is 0 Å². The number of likely N-dealkylation sites (N-methyl/N-ethyl adjacent to an activating group) is 1. The Hall–Kier alpha value is -0.200. The van der Waals surface area contributed by atoms with Gasteiger partial charge in [-0.2, -0.15) is 0 Å². The average molecular weight is 359 g/mol. The summed E-state index contributed by atoms with van der Waals surface area (Å²) in [5.41, 5.74) is 0. The molecule has 25 heavy (non-hydrogen) atoms. The van der Waals surface area contributed by atoms with E-state index in [1.807, 2.05) is 0 Å². The minimum absolute atomic E-state index is 0.258. The highest BCUT2D eigenvalue weighted by molar-refractivity contribution is 4.64. The molecule has 0 saturated carbocycles. The number of hydrogen-bond donors (Lipinski definition) is 1. The fraction of sp³-hybridized carbons (Fsp3) is 1.00. The summed E-state index contributed by atoms with van der Waals surface area (Å²) in [5.74, 6) is 0. The van der Waals surface area contributed by atoms with E-state index in [0.717, 1.165) is 39.3 Å². The lowest BCUT2D eigenvalue weighted by molar-refractivity contribution is 0.193. The second kappa shape index (κ2) is 17.2. The van der Waals surface area contributed by atoms with Gasteiger partial charge in [-0.05, 0) is 91.8 Å². The third kappa shape index (κ3) is 13.6. The summed E-state index contributed by atoms with van der Waals surface area (Å²) in [6.45, 7) is 21.8. The predicted molar refractivity (Wildman–Crippen MR) is 110 cm³/mol. The van der Waals surface area contributed by atoms with E-state index in [0.29, 0.717) is 0 Å². The van der Waals surface area contributed by atoms with Gasteiger partial charge in [0.1, 0.15) is 0 Å². The summed E-state index contributed by atoms with van der Waals surface area (Å²) in [6.07, 6.45) is 3.71. The summed E-state index contributed by atoms with van der Waals surface area (Å²) < 4.78 is 0. The first-order chi connectivity index (χ1) is 12.1. The molecule has 0 heterocycles. The van der Waals surface area contributed by atoms with Crippen LogP contribution in [-0.2, 0) is 0 Å². The number of nitrogens with zero attached hydrogens (tertiary/aromatic N) is 4. The minimum Gasteiger partial charge on any atom is -0.395 e. The fourth-order valence-electron chi connectivity index (χ4n) is 3.30. The molecular formula is C20H46N4O. The van der Waals surface area contributed by atoms with Gasteiger partial charge in [0, 0.05) is 6.54 Å². The van der Waals surface area contributed by atoms with Gasteiger partial charge in [-0.25, -0.2) is 0 Å². The molecule has 0 spiro atoms. The Morgan fingerprint density at radius 3 is 1.24 bits per heavy atom. The normalized spacial score (nSPS) is 12.2. The van der Waals surface area contributed by atoms with Crippen LogP contribution in [-0.4, -0.2) is 110 Å². The molecule has 0 atom stereocenters. The maximum atomic E-state index is 9.01. The van der Waals surface area contributed by atoms with Crippen molar-refractivity contribution in [3.63, 3.8) is 0 Å². The Labute approximate surface area is 158 Å². The van der Waals surface area contributed by atoms with E-state index in [-0.39, 0.29) is 6.61 Å². The molecular weight excluding hydrogens is 312 g/mol. The third-order valence-electron chi connectivity index (χ3n) is 5.18. The van der Waals surface area contributed by atoms with Gasteiger partial charge in [0.2, 0.25) is 0 Å². The molecule has 0 aliphatic carbocycles. The minimum atomic E-state index is 0.258. The van der Waals surface area contributed by atoms with Crippen molar-refractivity contribution in [3.8, 4) is 0 Å².